The minimum Gasteiger partial charge on any atom is -0.493 e. The van der Waals surface area contributed by atoms with Crippen molar-refractivity contribution in [1.82, 2.24) is 0 Å². The smallest absolute Gasteiger partial charge is 0.164 e. The number of fused-ring (bicyclic) bond motifs is 5. The van der Waals surface area contributed by atoms with Crippen LogP contribution < -0.4 is 9.57 Å². The van der Waals surface area contributed by atoms with Crippen molar-refractivity contribution in [2.45, 2.75) is 76.5 Å². The highest BCUT2D eigenvalue weighted by Gasteiger charge is 2.38. The molecule has 232 valence electrons. The minimum atomic E-state index is 0.259. The van der Waals surface area contributed by atoms with Crippen molar-refractivity contribution in [3.63, 3.8) is 0 Å². The van der Waals surface area contributed by atoms with Crippen molar-refractivity contribution >= 4 is 0 Å². The third-order valence-electron chi connectivity index (χ3n) is 6.23. The van der Waals surface area contributed by atoms with E-state index in [-0.39, 0.29) is 5.92 Å². The predicted molar refractivity (Wildman–Crippen MR) is 149 cm³/mol. The quantitative estimate of drug-likeness (QED) is 0.0570. The van der Waals surface area contributed by atoms with Crippen LogP contribution in [0.3, 0.4) is 0 Å². The Morgan fingerprint density at radius 3 is 1.50 bits per heavy atom. The molecule has 1 aromatic carbocycles. The first-order valence-corrected chi connectivity index (χ1v) is 13.9. The molecule has 0 N–H and O–H groups in total. The van der Waals surface area contributed by atoms with Crippen LogP contribution >= 0.6 is 0 Å². The van der Waals surface area contributed by atoms with E-state index in [1.165, 1.54) is 52.0 Å². The first-order chi connectivity index (χ1) is 21.8. The zero-order valence-corrected chi connectivity index (χ0v) is 24.3. The fraction of sp³-hybridized carbons (Fsp3) is 0.636. The number of allylic oxidation sites excluding steroid dienone is 2. The maximum Gasteiger partial charge on any atom is 0.164 e. The van der Waals surface area contributed by atoms with Crippen molar-refractivity contribution in [2.24, 2.45) is 104 Å². The summed E-state index contributed by atoms with van der Waals surface area (Å²) in [7, 11) is 1.41. The molecule has 2 aliphatic rings. The van der Waals surface area contributed by atoms with Gasteiger partial charge in [-0.05, 0) is 66.8 Å². The first-order valence-electron chi connectivity index (χ1n) is 13.9. The zero-order chi connectivity index (χ0) is 30.9. The van der Waals surface area contributed by atoms with E-state index < -0.39 is 0 Å². The number of ether oxygens (including phenoxy) is 1. The molecular weight excluding hydrogens is 576 g/mol. The summed E-state index contributed by atoms with van der Waals surface area (Å²) < 4.78 is 6.19. The summed E-state index contributed by atoms with van der Waals surface area (Å²) in [6.07, 6.45) is 15.5. The SMILES string of the molecule is CCCCCCCCCCOc1ccc(ON=NN=NN=NN=NN=NN=NN=NN=NN=NN=NC)c2c1C1C=CC2C1. The summed E-state index contributed by atoms with van der Waals surface area (Å²) >= 11 is 0. The molecule has 3 rings (SSSR count). The molecule has 1 aromatic rings. The van der Waals surface area contributed by atoms with E-state index in [2.05, 4.69) is 123 Å². The van der Waals surface area contributed by atoms with Crippen LogP contribution in [0, 0.1) is 0 Å². The molecule has 2 aliphatic carbocycles. The lowest BCUT2D eigenvalue weighted by Gasteiger charge is -2.18. The molecule has 2 atom stereocenters. The Labute approximate surface area is 251 Å². The normalized spacial score (nSPS) is 18.4. The van der Waals surface area contributed by atoms with Crippen LogP contribution in [0.1, 0.15) is 87.7 Å². The molecule has 0 saturated heterocycles. The molecule has 0 aliphatic heterocycles. The highest BCUT2D eigenvalue weighted by molar-refractivity contribution is 5.60. The van der Waals surface area contributed by atoms with Crippen molar-refractivity contribution in [3.05, 3.63) is 35.4 Å². The van der Waals surface area contributed by atoms with Crippen LogP contribution in [0.4, 0.5) is 0 Å². The number of benzene rings is 1. The summed E-state index contributed by atoms with van der Waals surface area (Å²) in [4.78, 5) is 5.50. The molecule has 22 nitrogen and oxygen atoms in total. The van der Waals surface area contributed by atoms with Crippen LogP contribution in [0.2, 0.25) is 0 Å². The highest BCUT2D eigenvalue weighted by atomic mass is 16.6. The highest BCUT2D eigenvalue weighted by Crippen LogP contribution is 2.55. The maximum atomic E-state index is 6.19. The van der Waals surface area contributed by atoms with Gasteiger partial charge in [0.05, 0.1) is 18.9 Å². The summed E-state index contributed by atoms with van der Waals surface area (Å²) in [5, 5.41) is 63.7. The molecular formula is C22H32N20O2. The van der Waals surface area contributed by atoms with Gasteiger partial charge in [0.1, 0.15) is 5.75 Å². The molecule has 44 heavy (non-hydrogen) atoms. The Kier molecular flexibility index (Phi) is 16.0. The van der Waals surface area contributed by atoms with Crippen molar-refractivity contribution in [2.75, 3.05) is 13.7 Å². The molecule has 0 amide bonds. The van der Waals surface area contributed by atoms with E-state index in [1.54, 1.807) is 0 Å². The average Bonchev–Trinajstić information content (AvgIpc) is 3.67. The Morgan fingerprint density at radius 2 is 0.977 bits per heavy atom. The van der Waals surface area contributed by atoms with Gasteiger partial charge in [-0.3, -0.25) is 0 Å². The van der Waals surface area contributed by atoms with Crippen molar-refractivity contribution < 1.29 is 9.57 Å². The molecule has 22 heteroatoms. The third kappa shape index (κ3) is 12.2. The number of rotatable bonds is 21. The van der Waals surface area contributed by atoms with Crippen LogP contribution in [0.5, 0.6) is 11.5 Å². The van der Waals surface area contributed by atoms with E-state index in [0.29, 0.717) is 18.3 Å². The van der Waals surface area contributed by atoms with Gasteiger partial charge >= 0.3 is 0 Å². The zero-order valence-electron chi connectivity index (χ0n) is 24.3. The molecule has 0 radical (unpaired) electrons. The van der Waals surface area contributed by atoms with Gasteiger partial charge in [-0.1, -0.05) is 64.0 Å². The monoisotopic (exact) mass is 608 g/mol. The van der Waals surface area contributed by atoms with Crippen molar-refractivity contribution in [3.8, 4) is 11.5 Å². The Morgan fingerprint density at radius 1 is 0.545 bits per heavy atom. The van der Waals surface area contributed by atoms with E-state index in [1.807, 2.05) is 12.1 Å². The molecule has 0 aromatic heterocycles. The Bertz CT molecular complexity index is 1330. The standard InChI is InChI=1S/C22H32N20O2/c1-3-4-5-6-7-8-9-10-15-43-19-13-14-20(22-18-12-11-17(16-18)21(19)22)44-42-41-40-39-38-37-36-35-34-33-32-31-30-29-28-27-26-25-24-23-2/h11-14,17-18H,3-10,15-16H2,1-2H3. The molecule has 0 saturated carbocycles. The first kappa shape index (κ1) is 33.1. The lowest BCUT2D eigenvalue weighted by Crippen LogP contribution is -2.04. The molecule has 2 bridgehead atoms. The second kappa shape index (κ2) is 21.3. The Hall–Kier alpha value is -5.44. The van der Waals surface area contributed by atoms with Gasteiger partial charge in [-0.15, -0.1) is 0 Å². The lowest BCUT2D eigenvalue weighted by atomic mass is 9.95. The second-order valence-electron chi connectivity index (χ2n) is 9.03. The second-order valence-corrected chi connectivity index (χ2v) is 9.03. The summed E-state index contributed by atoms with van der Waals surface area (Å²) in [5.74, 6) is 2.08. The predicted octanol–water partition coefficient (Wildman–Crippen LogP) is 10.0. The van der Waals surface area contributed by atoms with E-state index >= 15 is 0 Å². The van der Waals surface area contributed by atoms with Crippen LogP contribution in [-0.4, -0.2) is 13.7 Å². The third-order valence-corrected chi connectivity index (χ3v) is 6.23. The van der Waals surface area contributed by atoms with Gasteiger partial charge < -0.3 is 9.57 Å². The van der Waals surface area contributed by atoms with Gasteiger partial charge in [-0.2, -0.15) is 5.11 Å². The van der Waals surface area contributed by atoms with Crippen LogP contribution in [-0.2, 0) is 0 Å². The number of hydrogen-bond acceptors (Lipinski definition) is 4. The van der Waals surface area contributed by atoms with Gasteiger partial charge in [0.25, 0.3) is 0 Å². The molecule has 0 heterocycles. The van der Waals surface area contributed by atoms with Gasteiger partial charge in [0.15, 0.2) is 5.75 Å². The van der Waals surface area contributed by atoms with Gasteiger partial charge in [0.2, 0.25) is 0 Å². The van der Waals surface area contributed by atoms with E-state index in [0.717, 1.165) is 29.7 Å². The number of nitrogens with zero attached hydrogens (tertiary/aromatic N) is 20. The van der Waals surface area contributed by atoms with E-state index in [9.17, 15) is 0 Å². The topological polar surface area (TPSA) is 266 Å². The maximum absolute atomic E-state index is 6.19. The van der Waals surface area contributed by atoms with Gasteiger partial charge in [-0.25, -0.2) is 0 Å². The van der Waals surface area contributed by atoms with Crippen LogP contribution in [0.25, 0.3) is 0 Å². The van der Waals surface area contributed by atoms with Gasteiger partial charge in [0, 0.05) is 75.2 Å². The molecule has 0 spiro atoms. The fourth-order valence-electron chi connectivity index (χ4n) is 4.52. The largest absolute Gasteiger partial charge is 0.493 e. The van der Waals surface area contributed by atoms with Crippen LogP contribution in [0.15, 0.2) is 129 Å². The van der Waals surface area contributed by atoms with Crippen molar-refractivity contribution in [1.29, 1.82) is 0 Å². The summed E-state index contributed by atoms with van der Waals surface area (Å²) in [6.45, 7) is 2.94. The summed E-state index contributed by atoms with van der Waals surface area (Å²) in [6, 6.07) is 3.77. The molecule has 0 fully saturated rings. The average molecular weight is 609 g/mol. The fourth-order valence-corrected chi connectivity index (χ4v) is 4.52. The Balaban J connectivity index is 1.36. The summed E-state index contributed by atoms with van der Waals surface area (Å²) in [5.41, 5.74) is 2.23. The number of hydrogen-bond donors (Lipinski definition) is 0. The minimum absolute atomic E-state index is 0.259. The number of unbranched alkanes of at least 4 members (excludes halogenated alkanes) is 7. The van der Waals surface area contributed by atoms with E-state index in [4.69, 9.17) is 9.57 Å². The lowest BCUT2D eigenvalue weighted by molar-refractivity contribution is 0.291. The molecule has 2 unspecified atom stereocenters.